The van der Waals surface area contributed by atoms with Gasteiger partial charge in [-0.15, -0.1) is 49.6 Å². The van der Waals surface area contributed by atoms with Crippen molar-refractivity contribution in [2.75, 3.05) is 92.5 Å². The fourth-order valence-electron chi connectivity index (χ4n) is 7.22. The lowest BCUT2D eigenvalue weighted by molar-refractivity contribution is -0.0113. The molecule has 0 fully saturated rings. The first-order valence-electron chi connectivity index (χ1n) is 24.4. The molecule has 59 heavy (non-hydrogen) atoms. The highest BCUT2D eigenvalue weighted by molar-refractivity contribution is 5.86. The number of ether oxygens (including phenoxy) is 4. The maximum Gasteiger partial charge on any atom is 0.0932 e. The van der Waals surface area contributed by atoms with Crippen LogP contribution in [-0.4, -0.2) is 105 Å². The smallest absolute Gasteiger partial charge is 0.0932 e. The van der Waals surface area contributed by atoms with Crippen LogP contribution in [0.1, 0.15) is 201 Å². The Morgan fingerprint density at radius 1 is 0.339 bits per heavy atom. The van der Waals surface area contributed by atoms with Crippen LogP contribution in [0.4, 0.5) is 0 Å². The summed E-state index contributed by atoms with van der Waals surface area (Å²) in [6, 6.07) is 0. The third kappa shape index (κ3) is 58.8. The second kappa shape index (κ2) is 63.1. The molecule has 0 aliphatic rings. The van der Waals surface area contributed by atoms with Crippen molar-refractivity contribution in [1.29, 1.82) is 0 Å². The van der Waals surface area contributed by atoms with Crippen LogP contribution < -0.4 is 21.3 Å². The van der Waals surface area contributed by atoms with Crippen molar-refractivity contribution in [3.05, 3.63) is 0 Å². The average Bonchev–Trinajstić information content (AvgIpc) is 3.19. The number of nitrogens with one attached hydrogen (secondary N) is 4. The molecule has 0 spiro atoms. The largest absolute Gasteiger partial charge is 0.382 e. The van der Waals surface area contributed by atoms with Crippen LogP contribution >= 0.6 is 49.6 Å². The highest BCUT2D eigenvalue weighted by Crippen LogP contribution is 2.14. The van der Waals surface area contributed by atoms with E-state index in [2.05, 4.69) is 42.0 Å². The Balaban J connectivity index is -0.00000243. The van der Waals surface area contributed by atoms with E-state index in [1.807, 2.05) is 0 Å². The Bertz CT molecular complexity index is 698. The zero-order valence-electron chi connectivity index (χ0n) is 39.4. The molecular formula is C47H104Cl4N4O4. The fourth-order valence-corrected chi connectivity index (χ4v) is 7.22. The summed E-state index contributed by atoms with van der Waals surface area (Å²) in [7, 11) is 1.76. The lowest BCUT2D eigenvalue weighted by Gasteiger charge is -2.18. The highest BCUT2D eigenvalue weighted by Gasteiger charge is 2.09. The van der Waals surface area contributed by atoms with E-state index < -0.39 is 0 Å². The summed E-state index contributed by atoms with van der Waals surface area (Å²) in [6.45, 7) is 17.8. The normalized spacial score (nSPS) is 12.0. The van der Waals surface area contributed by atoms with Crippen molar-refractivity contribution in [3.63, 3.8) is 0 Å². The molecule has 0 saturated carbocycles. The van der Waals surface area contributed by atoms with Gasteiger partial charge in [-0.25, -0.2) is 0 Å². The molecule has 0 radical (unpaired) electrons. The van der Waals surface area contributed by atoms with E-state index in [9.17, 15) is 0 Å². The van der Waals surface area contributed by atoms with Crippen LogP contribution in [0, 0.1) is 0 Å². The monoisotopic (exact) mass is 929 g/mol. The Hall–Kier alpha value is 0.840. The lowest BCUT2D eigenvalue weighted by atomic mass is 10.0. The second-order valence-corrected chi connectivity index (χ2v) is 16.2. The lowest BCUT2D eigenvalue weighted by Crippen LogP contribution is -2.39. The van der Waals surface area contributed by atoms with Gasteiger partial charge < -0.3 is 40.2 Å². The van der Waals surface area contributed by atoms with Gasteiger partial charge in [-0.3, -0.25) is 0 Å². The van der Waals surface area contributed by atoms with Gasteiger partial charge >= 0.3 is 0 Å². The van der Waals surface area contributed by atoms with E-state index in [-0.39, 0.29) is 61.8 Å². The Labute approximate surface area is 393 Å². The van der Waals surface area contributed by atoms with E-state index in [0.29, 0.717) is 13.2 Å². The first kappa shape index (κ1) is 68.9. The number of hydrogen-bond donors (Lipinski definition) is 4. The van der Waals surface area contributed by atoms with Crippen molar-refractivity contribution in [2.45, 2.75) is 213 Å². The van der Waals surface area contributed by atoms with Gasteiger partial charge in [-0.2, -0.15) is 0 Å². The molecule has 2 atom stereocenters. The van der Waals surface area contributed by atoms with Gasteiger partial charge in [0.15, 0.2) is 0 Å². The summed E-state index contributed by atoms with van der Waals surface area (Å²) < 4.78 is 23.4. The SMILES string of the molecule is CCCCCCCCCCCCCCCCOCC(CNCCNCCNCCNCC(COC)OCCCCCCCCCCCCCCCC)OCC.Cl.Cl.Cl.Cl. The molecule has 12 heteroatoms. The van der Waals surface area contributed by atoms with Gasteiger partial charge in [-0.1, -0.05) is 181 Å². The molecule has 0 heterocycles. The maximum atomic E-state index is 6.13. The third-order valence-corrected chi connectivity index (χ3v) is 10.7. The first-order chi connectivity index (χ1) is 27.3. The van der Waals surface area contributed by atoms with E-state index >= 15 is 0 Å². The standard InChI is InChI=1S/C47H100N4O4.4ClH/c1-5-8-10-12-14-16-18-20-22-24-26-28-30-32-40-53-45-47(54-7-3)43-51-39-37-49-35-34-48-36-38-50-42-46(44-52-4)55-41-33-31-29-27-25-23-21-19-17-15-13-11-9-6-2;;;;/h46-51H,5-45H2,1-4H3;4*1H. The van der Waals surface area contributed by atoms with Crippen LogP contribution in [0.15, 0.2) is 0 Å². The molecular weight excluding hydrogens is 826 g/mol. The molecule has 8 nitrogen and oxygen atoms in total. The number of rotatable bonds is 50. The minimum Gasteiger partial charge on any atom is -0.382 e. The molecule has 0 aliphatic heterocycles. The molecule has 0 rings (SSSR count). The van der Waals surface area contributed by atoms with Crippen LogP contribution in [0.25, 0.3) is 0 Å². The molecule has 4 N–H and O–H groups in total. The fraction of sp³-hybridized carbons (Fsp3) is 1.00. The van der Waals surface area contributed by atoms with Crippen LogP contribution in [-0.2, 0) is 18.9 Å². The molecule has 0 aromatic rings. The summed E-state index contributed by atoms with van der Waals surface area (Å²) in [4.78, 5) is 0. The second-order valence-electron chi connectivity index (χ2n) is 16.2. The zero-order chi connectivity index (χ0) is 39.8. The van der Waals surface area contributed by atoms with Gasteiger partial charge in [0, 0.05) is 79.3 Å². The molecule has 364 valence electrons. The van der Waals surface area contributed by atoms with Crippen molar-refractivity contribution in [1.82, 2.24) is 21.3 Å². The topological polar surface area (TPSA) is 85.0 Å². The highest BCUT2D eigenvalue weighted by atomic mass is 35.5. The van der Waals surface area contributed by atoms with Gasteiger partial charge in [0.25, 0.3) is 0 Å². The van der Waals surface area contributed by atoms with Gasteiger partial charge in [0.05, 0.1) is 25.4 Å². The molecule has 2 unspecified atom stereocenters. The van der Waals surface area contributed by atoms with Crippen molar-refractivity contribution >= 4 is 49.6 Å². The maximum absolute atomic E-state index is 6.13. The predicted octanol–water partition coefficient (Wildman–Crippen LogP) is 12.4. The van der Waals surface area contributed by atoms with Crippen LogP contribution in [0.3, 0.4) is 0 Å². The Morgan fingerprint density at radius 2 is 0.644 bits per heavy atom. The first-order valence-corrected chi connectivity index (χ1v) is 24.4. The molecule has 0 aromatic carbocycles. The summed E-state index contributed by atoms with van der Waals surface area (Å²) in [6.07, 6.45) is 39.1. The molecule has 0 amide bonds. The summed E-state index contributed by atoms with van der Waals surface area (Å²) in [5.74, 6) is 0. The van der Waals surface area contributed by atoms with E-state index in [1.54, 1.807) is 7.11 Å². The van der Waals surface area contributed by atoms with Gasteiger partial charge in [-0.05, 0) is 19.8 Å². The van der Waals surface area contributed by atoms with Crippen LogP contribution in [0.5, 0.6) is 0 Å². The quantitative estimate of drug-likeness (QED) is 0.0449. The average molecular weight is 931 g/mol. The zero-order valence-corrected chi connectivity index (χ0v) is 42.7. The summed E-state index contributed by atoms with van der Waals surface area (Å²) >= 11 is 0. The van der Waals surface area contributed by atoms with Crippen molar-refractivity contribution in [3.8, 4) is 0 Å². The van der Waals surface area contributed by atoms with Gasteiger partial charge in [0.1, 0.15) is 0 Å². The number of halogens is 4. The Kier molecular flexibility index (Phi) is 73.7. The molecule has 0 aromatic heterocycles. The third-order valence-electron chi connectivity index (χ3n) is 10.7. The minimum absolute atomic E-state index is 0. The number of hydrogen-bond acceptors (Lipinski definition) is 8. The van der Waals surface area contributed by atoms with E-state index in [4.69, 9.17) is 18.9 Å². The summed E-state index contributed by atoms with van der Waals surface area (Å²) in [5, 5.41) is 14.1. The Morgan fingerprint density at radius 3 is 0.983 bits per heavy atom. The van der Waals surface area contributed by atoms with E-state index in [1.165, 1.54) is 173 Å². The predicted molar refractivity (Wildman–Crippen MR) is 269 cm³/mol. The molecule has 0 saturated heterocycles. The number of methoxy groups -OCH3 is 1. The van der Waals surface area contributed by atoms with Crippen LogP contribution in [0.2, 0.25) is 0 Å². The molecule has 0 bridgehead atoms. The number of unbranched alkanes of at least 4 members (excludes halogenated alkanes) is 26. The summed E-state index contributed by atoms with van der Waals surface area (Å²) in [5.41, 5.74) is 0. The van der Waals surface area contributed by atoms with Gasteiger partial charge in [0.2, 0.25) is 0 Å². The minimum atomic E-state index is 0. The van der Waals surface area contributed by atoms with Crippen molar-refractivity contribution < 1.29 is 18.9 Å². The van der Waals surface area contributed by atoms with E-state index in [0.717, 1.165) is 78.6 Å². The molecule has 0 aliphatic carbocycles. The van der Waals surface area contributed by atoms with Crippen molar-refractivity contribution in [2.24, 2.45) is 0 Å².